The average molecular weight is 281 g/mol. The van der Waals surface area contributed by atoms with E-state index in [1.807, 2.05) is 19.1 Å². The first-order valence-electron chi connectivity index (χ1n) is 6.51. The Bertz CT molecular complexity index is 500. The first kappa shape index (κ1) is 12.9. The number of hydrogen-bond acceptors (Lipinski definition) is 3. The highest BCUT2D eigenvalue weighted by atomic mass is 35.5. The van der Waals surface area contributed by atoms with Crippen molar-refractivity contribution in [3.63, 3.8) is 0 Å². The Morgan fingerprint density at radius 3 is 3.00 bits per heavy atom. The smallest absolute Gasteiger partial charge is 0.251 e. The Morgan fingerprint density at radius 2 is 2.26 bits per heavy atom. The van der Waals surface area contributed by atoms with Crippen LogP contribution in [0.3, 0.4) is 0 Å². The van der Waals surface area contributed by atoms with Crippen LogP contribution in [0.1, 0.15) is 22.3 Å². The van der Waals surface area contributed by atoms with Crippen LogP contribution in [0.5, 0.6) is 0 Å². The van der Waals surface area contributed by atoms with Gasteiger partial charge in [0.25, 0.3) is 5.91 Å². The van der Waals surface area contributed by atoms with Crippen molar-refractivity contribution in [3.8, 4) is 0 Å². The number of fused-ring (bicyclic) bond motifs is 1. The number of nitrogens with two attached hydrogens (primary N) is 1. The van der Waals surface area contributed by atoms with Crippen LogP contribution in [0, 0.1) is 12.8 Å². The van der Waals surface area contributed by atoms with Crippen molar-refractivity contribution in [1.82, 2.24) is 5.32 Å². The van der Waals surface area contributed by atoms with E-state index in [-0.39, 0.29) is 24.1 Å². The van der Waals surface area contributed by atoms with Gasteiger partial charge in [0.15, 0.2) is 0 Å². The van der Waals surface area contributed by atoms with Gasteiger partial charge in [0.1, 0.15) is 0 Å². The summed E-state index contributed by atoms with van der Waals surface area (Å²) in [6.07, 6.45) is 1.08. The SMILES string of the molecule is Cc1cc(Cl)cc(C(=O)NC2C(N)C3CCOC32)c1. The Kier molecular flexibility index (Phi) is 3.25. The van der Waals surface area contributed by atoms with Crippen molar-refractivity contribution in [2.24, 2.45) is 11.7 Å². The van der Waals surface area contributed by atoms with Crippen molar-refractivity contribution < 1.29 is 9.53 Å². The molecule has 1 aliphatic heterocycles. The molecular weight excluding hydrogens is 264 g/mol. The van der Waals surface area contributed by atoms with Crippen molar-refractivity contribution in [3.05, 3.63) is 34.3 Å². The number of halogens is 1. The second kappa shape index (κ2) is 4.78. The first-order chi connectivity index (χ1) is 9.06. The molecule has 0 bridgehead atoms. The largest absolute Gasteiger partial charge is 0.376 e. The fourth-order valence-corrected chi connectivity index (χ4v) is 3.32. The minimum atomic E-state index is -0.139. The van der Waals surface area contributed by atoms with Gasteiger partial charge in [-0.3, -0.25) is 4.79 Å². The molecule has 1 aromatic carbocycles. The van der Waals surface area contributed by atoms with Gasteiger partial charge in [0, 0.05) is 29.2 Å². The van der Waals surface area contributed by atoms with Gasteiger partial charge in [-0.25, -0.2) is 0 Å². The summed E-state index contributed by atoms with van der Waals surface area (Å²) >= 11 is 5.97. The van der Waals surface area contributed by atoms with E-state index in [9.17, 15) is 4.79 Å². The van der Waals surface area contributed by atoms with E-state index >= 15 is 0 Å². The Balaban J connectivity index is 1.71. The quantitative estimate of drug-likeness (QED) is 0.863. The van der Waals surface area contributed by atoms with Crippen LogP contribution < -0.4 is 11.1 Å². The Morgan fingerprint density at radius 1 is 1.47 bits per heavy atom. The molecule has 5 heteroatoms. The maximum absolute atomic E-state index is 12.2. The summed E-state index contributed by atoms with van der Waals surface area (Å²) < 4.78 is 5.60. The topological polar surface area (TPSA) is 64.4 Å². The fourth-order valence-electron chi connectivity index (χ4n) is 3.03. The molecule has 1 aliphatic carbocycles. The zero-order chi connectivity index (χ0) is 13.6. The lowest BCUT2D eigenvalue weighted by Crippen LogP contribution is -2.68. The molecule has 1 saturated heterocycles. The summed E-state index contributed by atoms with van der Waals surface area (Å²) in [5.41, 5.74) is 7.60. The molecule has 2 fully saturated rings. The first-order valence-corrected chi connectivity index (χ1v) is 6.89. The van der Waals surface area contributed by atoms with Gasteiger partial charge in [-0.05, 0) is 37.1 Å². The van der Waals surface area contributed by atoms with Crippen molar-refractivity contribution in [2.45, 2.75) is 31.5 Å². The lowest BCUT2D eigenvalue weighted by atomic mass is 9.72. The molecule has 102 valence electrons. The van der Waals surface area contributed by atoms with Gasteiger partial charge >= 0.3 is 0 Å². The predicted molar refractivity (Wildman–Crippen MR) is 73.3 cm³/mol. The number of hydrogen-bond donors (Lipinski definition) is 2. The van der Waals surface area contributed by atoms with Crippen LogP contribution in [0.4, 0.5) is 0 Å². The third-order valence-corrected chi connectivity index (χ3v) is 4.27. The van der Waals surface area contributed by atoms with Gasteiger partial charge in [-0.15, -0.1) is 0 Å². The molecule has 0 aromatic heterocycles. The standard InChI is InChI=1S/C14H17ClN2O2/c1-7-4-8(6-9(15)5-7)14(18)17-12-11(16)10-2-3-19-13(10)12/h4-6,10-13H,2-3,16H2,1H3,(H,17,18). The number of nitrogens with one attached hydrogen (secondary N) is 1. The Hall–Kier alpha value is -1.10. The van der Waals surface area contributed by atoms with E-state index in [0.717, 1.165) is 18.6 Å². The van der Waals surface area contributed by atoms with E-state index < -0.39 is 0 Å². The number of rotatable bonds is 2. The van der Waals surface area contributed by atoms with Crippen LogP contribution in [-0.2, 0) is 4.74 Å². The number of amides is 1. The molecular formula is C14H17ClN2O2. The number of aryl methyl sites for hydroxylation is 1. The third-order valence-electron chi connectivity index (χ3n) is 4.05. The van der Waals surface area contributed by atoms with E-state index in [4.69, 9.17) is 22.1 Å². The minimum Gasteiger partial charge on any atom is -0.376 e. The van der Waals surface area contributed by atoms with E-state index in [2.05, 4.69) is 5.32 Å². The molecule has 1 amide bonds. The molecule has 1 saturated carbocycles. The highest BCUT2D eigenvalue weighted by Crippen LogP contribution is 2.37. The monoisotopic (exact) mass is 280 g/mol. The minimum absolute atomic E-state index is 0.00303. The molecule has 4 atom stereocenters. The van der Waals surface area contributed by atoms with Crippen LogP contribution in [-0.4, -0.2) is 30.7 Å². The highest BCUT2D eigenvalue weighted by Gasteiger charge is 2.52. The van der Waals surface area contributed by atoms with Crippen LogP contribution in [0.15, 0.2) is 18.2 Å². The molecule has 2 aliphatic rings. The van der Waals surface area contributed by atoms with Crippen LogP contribution in [0.25, 0.3) is 0 Å². The molecule has 1 heterocycles. The van der Waals surface area contributed by atoms with Crippen LogP contribution in [0.2, 0.25) is 5.02 Å². The summed E-state index contributed by atoms with van der Waals surface area (Å²) in [6, 6.07) is 5.22. The van der Waals surface area contributed by atoms with Crippen molar-refractivity contribution in [2.75, 3.05) is 6.61 Å². The summed E-state index contributed by atoms with van der Waals surface area (Å²) in [7, 11) is 0. The molecule has 4 nitrogen and oxygen atoms in total. The third kappa shape index (κ3) is 2.24. The summed E-state index contributed by atoms with van der Waals surface area (Å²) in [4.78, 5) is 12.2. The number of carbonyl (C=O) groups excluding carboxylic acids is 1. The second-order valence-electron chi connectivity index (χ2n) is 5.38. The summed E-state index contributed by atoms with van der Waals surface area (Å²) in [6.45, 7) is 2.65. The lowest BCUT2D eigenvalue weighted by Gasteiger charge is -2.45. The number of ether oxygens (including phenoxy) is 1. The maximum atomic E-state index is 12.2. The number of benzene rings is 1. The molecule has 0 spiro atoms. The van der Waals surface area contributed by atoms with Gasteiger partial charge in [-0.2, -0.15) is 0 Å². The molecule has 3 N–H and O–H groups in total. The van der Waals surface area contributed by atoms with E-state index in [0.29, 0.717) is 16.5 Å². The Labute approximate surface area is 117 Å². The molecule has 4 unspecified atom stereocenters. The van der Waals surface area contributed by atoms with Crippen LogP contribution >= 0.6 is 11.6 Å². The second-order valence-corrected chi connectivity index (χ2v) is 5.82. The lowest BCUT2D eigenvalue weighted by molar-refractivity contribution is -0.0161. The summed E-state index contributed by atoms with van der Waals surface area (Å²) in [5, 5.41) is 3.53. The maximum Gasteiger partial charge on any atom is 0.251 e. The van der Waals surface area contributed by atoms with Gasteiger partial charge < -0.3 is 15.8 Å². The predicted octanol–water partition coefficient (Wildman–Crippen LogP) is 1.49. The summed E-state index contributed by atoms with van der Waals surface area (Å²) in [5.74, 6) is 0.256. The van der Waals surface area contributed by atoms with Gasteiger partial charge in [-0.1, -0.05) is 11.6 Å². The zero-order valence-corrected chi connectivity index (χ0v) is 11.5. The normalized spacial score (nSPS) is 32.6. The molecule has 0 radical (unpaired) electrons. The van der Waals surface area contributed by atoms with E-state index in [1.54, 1.807) is 6.07 Å². The average Bonchev–Trinajstić information content (AvgIpc) is 2.79. The molecule has 19 heavy (non-hydrogen) atoms. The van der Waals surface area contributed by atoms with Crippen molar-refractivity contribution >= 4 is 17.5 Å². The highest BCUT2D eigenvalue weighted by molar-refractivity contribution is 6.31. The van der Waals surface area contributed by atoms with Gasteiger partial charge in [0.2, 0.25) is 0 Å². The van der Waals surface area contributed by atoms with E-state index in [1.165, 1.54) is 0 Å². The fraction of sp³-hybridized carbons (Fsp3) is 0.500. The molecule has 1 aromatic rings. The zero-order valence-electron chi connectivity index (χ0n) is 10.7. The van der Waals surface area contributed by atoms with Gasteiger partial charge in [0.05, 0.1) is 12.1 Å². The van der Waals surface area contributed by atoms with Crippen molar-refractivity contribution in [1.29, 1.82) is 0 Å². The molecule has 3 rings (SSSR count). The number of carbonyl (C=O) groups is 1.